The lowest BCUT2D eigenvalue weighted by Crippen LogP contribution is -2.30. The molecule has 1 aromatic rings. The summed E-state index contributed by atoms with van der Waals surface area (Å²) in [5.74, 6) is 0.952. The highest BCUT2D eigenvalue weighted by Crippen LogP contribution is 2.26. The highest BCUT2D eigenvalue weighted by atomic mass is 79.9. The van der Waals surface area contributed by atoms with Gasteiger partial charge in [0.1, 0.15) is 5.82 Å². The number of hydrogen-bond acceptors (Lipinski definition) is 3. The largest absolute Gasteiger partial charge is 0.388 e. The normalized spacial score (nSPS) is 26.0. The van der Waals surface area contributed by atoms with E-state index in [4.69, 9.17) is 0 Å². The number of aliphatic hydroxyl groups is 1. The topological polar surface area (TPSA) is 36.4 Å². The Kier molecular flexibility index (Phi) is 2.73. The molecule has 1 unspecified atom stereocenters. The van der Waals surface area contributed by atoms with Gasteiger partial charge in [0.25, 0.3) is 0 Å². The molecule has 2 rings (SSSR count). The van der Waals surface area contributed by atoms with Crippen molar-refractivity contribution >= 4 is 21.7 Å². The Balaban J connectivity index is 2.21. The molecule has 15 heavy (non-hydrogen) atoms. The van der Waals surface area contributed by atoms with Crippen LogP contribution in [0.4, 0.5) is 5.82 Å². The van der Waals surface area contributed by atoms with Crippen molar-refractivity contribution < 1.29 is 5.11 Å². The molecular formula is C11H15BrN2O. The Morgan fingerprint density at radius 1 is 1.53 bits per heavy atom. The molecule has 0 amide bonds. The number of aromatic nitrogens is 1. The van der Waals surface area contributed by atoms with Crippen LogP contribution < -0.4 is 4.90 Å². The van der Waals surface area contributed by atoms with Crippen LogP contribution in [0.2, 0.25) is 0 Å². The van der Waals surface area contributed by atoms with Crippen LogP contribution in [0.15, 0.2) is 16.6 Å². The Bertz CT molecular complexity index is 379. The predicted octanol–water partition coefficient (Wildman–Crippen LogP) is 2.11. The summed E-state index contributed by atoms with van der Waals surface area (Å²) in [6, 6.07) is 3.99. The van der Waals surface area contributed by atoms with Crippen LogP contribution in [-0.2, 0) is 0 Å². The summed E-state index contributed by atoms with van der Waals surface area (Å²) >= 11 is 3.43. The number of hydrogen-bond donors (Lipinski definition) is 1. The van der Waals surface area contributed by atoms with Gasteiger partial charge in [-0.2, -0.15) is 0 Å². The van der Waals surface area contributed by atoms with Crippen molar-refractivity contribution in [1.29, 1.82) is 0 Å². The zero-order valence-corrected chi connectivity index (χ0v) is 10.6. The summed E-state index contributed by atoms with van der Waals surface area (Å²) in [6.45, 7) is 5.39. The van der Waals surface area contributed by atoms with Gasteiger partial charge < -0.3 is 10.0 Å². The van der Waals surface area contributed by atoms with Crippen molar-refractivity contribution in [2.24, 2.45) is 0 Å². The highest BCUT2D eigenvalue weighted by molar-refractivity contribution is 9.10. The van der Waals surface area contributed by atoms with E-state index in [1.54, 1.807) is 0 Å². The van der Waals surface area contributed by atoms with Crippen molar-refractivity contribution in [3.05, 3.63) is 22.3 Å². The van der Waals surface area contributed by atoms with Gasteiger partial charge >= 0.3 is 0 Å². The number of aryl methyl sites for hydroxylation is 1. The summed E-state index contributed by atoms with van der Waals surface area (Å²) in [6.07, 6.45) is 0.809. The van der Waals surface area contributed by atoms with E-state index < -0.39 is 5.60 Å². The minimum absolute atomic E-state index is 0.567. The zero-order valence-electron chi connectivity index (χ0n) is 9.00. The summed E-state index contributed by atoms with van der Waals surface area (Å²) in [7, 11) is 0. The molecule has 82 valence electrons. The van der Waals surface area contributed by atoms with Gasteiger partial charge in [-0.05, 0) is 48.3 Å². The first-order valence-corrected chi connectivity index (χ1v) is 5.88. The van der Waals surface area contributed by atoms with Crippen molar-refractivity contribution in [3.8, 4) is 0 Å². The molecule has 2 heterocycles. The second-order valence-corrected chi connectivity index (χ2v) is 5.26. The summed E-state index contributed by atoms with van der Waals surface area (Å²) in [5.41, 5.74) is 0.418. The maximum Gasteiger partial charge on any atom is 0.128 e. The van der Waals surface area contributed by atoms with Gasteiger partial charge in [-0.3, -0.25) is 0 Å². The van der Waals surface area contributed by atoms with Gasteiger partial charge in [-0.1, -0.05) is 0 Å². The number of β-amino-alcohol motifs (C(OH)–C–C–N with tert-alkyl or cyclic N) is 1. The molecule has 0 aliphatic carbocycles. The van der Waals surface area contributed by atoms with Crippen molar-refractivity contribution in [2.75, 3.05) is 18.0 Å². The van der Waals surface area contributed by atoms with Crippen LogP contribution in [-0.4, -0.2) is 28.8 Å². The van der Waals surface area contributed by atoms with Gasteiger partial charge in [-0.15, -0.1) is 0 Å². The first kappa shape index (κ1) is 10.9. The maximum absolute atomic E-state index is 9.87. The molecule has 1 saturated heterocycles. The van der Waals surface area contributed by atoms with E-state index in [-0.39, 0.29) is 0 Å². The fourth-order valence-corrected chi connectivity index (χ4v) is 2.07. The molecule has 1 fully saturated rings. The lowest BCUT2D eigenvalue weighted by atomic mass is 10.1. The molecule has 1 aromatic heterocycles. The minimum Gasteiger partial charge on any atom is -0.388 e. The van der Waals surface area contributed by atoms with E-state index >= 15 is 0 Å². The van der Waals surface area contributed by atoms with E-state index in [9.17, 15) is 5.11 Å². The van der Waals surface area contributed by atoms with E-state index in [0.717, 1.165) is 29.0 Å². The fourth-order valence-electron chi connectivity index (χ4n) is 1.85. The van der Waals surface area contributed by atoms with E-state index in [2.05, 4.69) is 25.8 Å². The first-order chi connectivity index (χ1) is 6.98. The Morgan fingerprint density at radius 2 is 2.27 bits per heavy atom. The molecule has 1 aliphatic rings. The number of pyridine rings is 1. The van der Waals surface area contributed by atoms with Crippen molar-refractivity contribution in [2.45, 2.75) is 25.9 Å². The van der Waals surface area contributed by atoms with Gasteiger partial charge in [0.2, 0.25) is 0 Å². The molecule has 3 nitrogen and oxygen atoms in total. The number of halogens is 1. The van der Waals surface area contributed by atoms with Gasteiger partial charge in [0.05, 0.1) is 11.3 Å². The molecule has 0 bridgehead atoms. The van der Waals surface area contributed by atoms with E-state index in [1.807, 2.05) is 26.0 Å². The molecular weight excluding hydrogens is 256 g/mol. The average molecular weight is 271 g/mol. The van der Waals surface area contributed by atoms with Crippen LogP contribution >= 0.6 is 15.9 Å². The van der Waals surface area contributed by atoms with Crippen LogP contribution in [0.3, 0.4) is 0 Å². The van der Waals surface area contributed by atoms with Crippen LogP contribution in [0, 0.1) is 6.92 Å². The molecule has 0 radical (unpaired) electrons. The first-order valence-electron chi connectivity index (χ1n) is 5.08. The number of anilines is 1. The van der Waals surface area contributed by atoms with E-state index in [0.29, 0.717) is 6.54 Å². The molecule has 0 aromatic carbocycles. The van der Waals surface area contributed by atoms with Crippen LogP contribution in [0.5, 0.6) is 0 Å². The van der Waals surface area contributed by atoms with Gasteiger partial charge in [-0.25, -0.2) is 4.98 Å². The summed E-state index contributed by atoms with van der Waals surface area (Å²) in [5, 5.41) is 9.87. The minimum atomic E-state index is -0.567. The third-order valence-corrected chi connectivity index (χ3v) is 3.62. The fraction of sp³-hybridized carbons (Fsp3) is 0.545. The third kappa shape index (κ3) is 2.32. The highest BCUT2D eigenvalue weighted by Gasteiger charge is 2.31. The van der Waals surface area contributed by atoms with Crippen LogP contribution in [0.1, 0.15) is 19.0 Å². The summed E-state index contributed by atoms with van der Waals surface area (Å²) in [4.78, 5) is 6.61. The molecule has 1 aliphatic heterocycles. The zero-order chi connectivity index (χ0) is 11.1. The molecule has 1 atom stereocenters. The van der Waals surface area contributed by atoms with Crippen molar-refractivity contribution in [3.63, 3.8) is 0 Å². The Morgan fingerprint density at radius 3 is 2.80 bits per heavy atom. The second kappa shape index (κ2) is 3.76. The molecule has 1 N–H and O–H groups in total. The lowest BCUT2D eigenvalue weighted by Gasteiger charge is -2.20. The van der Waals surface area contributed by atoms with Crippen molar-refractivity contribution in [1.82, 2.24) is 4.98 Å². The average Bonchev–Trinajstić information content (AvgIpc) is 2.51. The molecule has 0 saturated carbocycles. The van der Waals surface area contributed by atoms with Gasteiger partial charge in [0.15, 0.2) is 0 Å². The number of nitrogens with zero attached hydrogens (tertiary/aromatic N) is 2. The summed E-state index contributed by atoms with van der Waals surface area (Å²) < 4.78 is 1.03. The Labute approximate surface area is 98.3 Å². The van der Waals surface area contributed by atoms with Gasteiger partial charge in [0, 0.05) is 17.6 Å². The monoisotopic (exact) mass is 270 g/mol. The van der Waals surface area contributed by atoms with E-state index in [1.165, 1.54) is 0 Å². The quantitative estimate of drug-likeness (QED) is 0.850. The third-order valence-electron chi connectivity index (χ3n) is 2.78. The number of rotatable bonds is 1. The van der Waals surface area contributed by atoms with Crippen LogP contribution in [0.25, 0.3) is 0 Å². The second-order valence-electron chi connectivity index (χ2n) is 4.41. The smallest absolute Gasteiger partial charge is 0.128 e. The molecule has 4 heteroatoms. The maximum atomic E-state index is 9.87. The lowest BCUT2D eigenvalue weighted by molar-refractivity contribution is 0.0839. The molecule has 0 spiro atoms. The predicted molar refractivity (Wildman–Crippen MR) is 64.1 cm³/mol. The Hall–Kier alpha value is -0.610. The standard InChI is InChI=1S/C11H15BrN2O/c1-8-9(12)3-4-10(13-8)14-6-5-11(2,15)7-14/h3-4,15H,5-7H2,1-2H3. The SMILES string of the molecule is Cc1nc(N2CCC(C)(O)C2)ccc1Br.